The lowest BCUT2D eigenvalue weighted by atomic mass is 10.3. The second kappa shape index (κ2) is 8.78. The summed E-state index contributed by atoms with van der Waals surface area (Å²) in [5.41, 5.74) is 0.824. The Morgan fingerprint density at radius 2 is 2.00 bits per heavy atom. The molecule has 3 aromatic rings. The second-order valence-electron chi connectivity index (χ2n) is 6.32. The highest BCUT2D eigenvalue weighted by Crippen LogP contribution is 2.23. The standard InChI is InChI=1S/C19H21ClN6O3/c1-4-26-17(19(28)24(2)3)15(11-21-26)22-18(27)14-9-10-25(23-14)12-29-16-8-6-5-7-13(16)20/h5-11H,4,12H2,1-3H3,(H,22,27). The van der Waals surface area contributed by atoms with E-state index in [1.54, 1.807) is 38.5 Å². The minimum Gasteiger partial charge on any atom is -0.470 e. The van der Waals surface area contributed by atoms with Crippen molar-refractivity contribution in [2.75, 3.05) is 19.4 Å². The highest BCUT2D eigenvalue weighted by Gasteiger charge is 2.22. The summed E-state index contributed by atoms with van der Waals surface area (Å²) in [6.45, 7) is 2.46. The normalized spacial score (nSPS) is 10.6. The Labute approximate surface area is 172 Å². The molecule has 0 aliphatic heterocycles. The molecule has 0 aliphatic rings. The van der Waals surface area contributed by atoms with E-state index in [1.807, 2.05) is 19.1 Å². The highest BCUT2D eigenvalue weighted by molar-refractivity contribution is 6.32. The molecule has 29 heavy (non-hydrogen) atoms. The molecule has 0 fully saturated rings. The van der Waals surface area contributed by atoms with Crippen molar-refractivity contribution in [3.63, 3.8) is 0 Å². The van der Waals surface area contributed by atoms with Gasteiger partial charge in [0.25, 0.3) is 11.8 Å². The van der Waals surface area contributed by atoms with Gasteiger partial charge >= 0.3 is 0 Å². The molecular weight excluding hydrogens is 396 g/mol. The lowest BCUT2D eigenvalue weighted by Gasteiger charge is -2.13. The van der Waals surface area contributed by atoms with E-state index in [-0.39, 0.29) is 18.3 Å². The van der Waals surface area contributed by atoms with Crippen LogP contribution in [0.1, 0.15) is 27.9 Å². The van der Waals surface area contributed by atoms with E-state index < -0.39 is 5.91 Å². The van der Waals surface area contributed by atoms with Crippen molar-refractivity contribution in [3.8, 4) is 5.75 Å². The van der Waals surface area contributed by atoms with Crippen molar-refractivity contribution in [2.24, 2.45) is 0 Å². The molecule has 2 aromatic heterocycles. The molecule has 2 amide bonds. The molecule has 0 saturated heterocycles. The molecule has 2 heterocycles. The SMILES string of the molecule is CCn1ncc(NC(=O)c2ccn(COc3ccccc3Cl)n2)c1C(=O)N(C)C. The third-order valence-corrected chi connectivity index (χ3v) is 4.37. The Morgan fingerprint density at radius 1 is 1.24 bits per heavy atom. The lowest BCUT2D eigenvalue weighted by Crippen LogP contribution is -2.26. The predicted octanol–water partition coefficient (Wildman–Crippen LogP) is 2.74. The summed E-state index contributed by atoms with van der Waals surface area (Å²) < 4.78 is 8.61. The van der Waals surface area contributed by atoms with Gasteiger partial charge in [-0.25, -0.2) is 4.68 Å². The van der Waals surface area contributed by atoms with Crippen molar-refractivity contribution in [3.05, 3.63) is 59.1 Å². The first-order chi connectivity index (χ1) is 13.9. The average molecular weight is 417 g/mol. The number of nitrogens with one attached hydrogen (secondary N) is 1. The van der Waals surface area contributed by atoms with Crippen LogP contribution in [0.3, 0.4) is 0 Å². The van der Waals surface area contributed by atoms with E-state index in [4.69, 9.17) is 16.3 Å². The highest BCUT2D eigenvalue weighted by atomic mass is 35.5. The minimum absolute atomic E-state index is 0.0924. The molecule has 152 valence electrons. The number of anilines is 1. The summed E-state index contributed by atoms with van der Waals surface area (Å²) >= 11 is 6.06. The summed E-state index contributed by atoms with van der Waals surface area (Å²) in [4.78, 5) is 26.5. The molecular formula is C19H21ClN6O3. The van der Waals surface area contributed by atoms with Gasteiger partial charge in [-0.1, -0.05) is 23.7 Å². The van der Waals surface area contributed by atoms with Crippen LogP contribution in [0.25, 0.3) is 0 Å². The van der Waals surface area contributed by atoms with E-state index in [2.05, 4.69) is 15.5 Å². The van der Waals surface area contributed by atoms with Gasteiger partial charge in [-0.15, -0.1) is 0 Å². The fraction of sp³-hybridized carbons (Fsp3) is 0.263. The van der Waals surface area contributed by atoms with Gasteiger partial charge in [0.05, 0.1) is 16.9 Å². The Kier molecular flexibility index (Phi) is 6.18. The Hall–Kier alpha value is -3.33. The number of hydrogen-bond donors (Lipinski definition) is 1. The first-order valence-electron chi connectivity index (χ1n) is 8.90. The zero-order chi connectivity index (χ0) is 21.0. The Morgan fingerprint density at radius 3 is 2.69 bits per heavy atom. The molecule has 0 saturated carbocycles. The largest absolute Gasteiger partial charge is 0.470 e. The quantitative estimate of drug-likeness (QED) is 0.639. The van der Waals surface area contributed by atoms with Crippen LogP contribution in [0.5, 0.6) is 5.75 Å². The summed E-state index contributed by atoms with van der Waals surface area (Å²) in [5, 5.41) is 11.6. The van der Waals surface area contributed by atoms with Crippen LogP contribution < -0.4 is 10.1 Å². The Balaban J connectivity index is 1.70. The maximum Gasteiger partial charge on any atom is 0.276 e. The van der Waals surface area contributed by atoms with Crippen molar-refractivity contribution < 1.29 is 14.3 Å². The van der Waals surface area contributed by atoms with Crippen LogP contribution in [0, 0.1) is 0 Å². The zero-order valence-corrected chi connectivity index (χ0v) is 17.1. The lowest BCUT2D eigenvalue weighted by molar-refractivity contribution is 0.0816. The topological polar surface area (TPSA) is 94.3 Å². The fourth-order valence-electron chi connectivity index (χ4n) is 2.59. The van der Waals surface area contributed by atoms with Crippen LogP contribution in [0.2, 0.25) is 5.02 Å². The second-order valence-corrected chi connectivity index (χ2v) is 6.73. The minimum atomic E-state index is -0.454. The molecule has 0 atom stereocenters. The van der Waals surface area contributed by atoms with E-state index in [0.717, 1.165) is 0 Å². The molecule has 0 spiro atoms. The predicted molar refractivity (Wildman–Crippen MR) is 108 cm³/mol. The number of amides is 2. The smallest absolute Gasteiger partial charge is 0.276 e. The molecule has 1 N–H and O–H groups in total. The number of nitrogens with zero attached hydrogens (tertiary/aromatic N) is 5. The average Bonchev–Trinajstić information content (AvgIpc) is 3.33. The number of para-hydroxylation sites is 1. The number of benzene rings is 1. The number of ether oxygens (including phenoxy) is 1. The molecule has 10 heteroatoms. The van der Waals surface area contributed by atoms with Gasteiger partial charge in [-0.05, 0) is 25.1 Å². The summed E-state index contributed by atoms with van der Waals surface area (Å²) in [5.74, 6) is -0.183. The van der Waals surface area contributed by atoms with Crippen molar-refractivity contribution in [1.82, 2.24) is 24.5 Å². The third kappa shape index (κ3) is 4.57. The van der Waals surface area contributed by atoms with E-state index in [9.17, 15) is 9.59 Å². The summed E-state index contributed by atoms with van der Waals surface area (Å²) in [7, 11) is 3.28. The zero-order valence-electron chi connectivity index (χ0n) is 16.3. The first kappa shape index (κ1) is 20.4. The molecule has 0 radical (unpaired) electrons. The molecule has 9 nitrogen and oxygen atoms in total. The maximum absolute atomic E-state index is 12.6. The first-order valence-corrected chi connectivity index (χ1v) is 9.28. The summed E-state index contributed by atoms with van der Waals surface area (Å²) in [6.07, 6.45) is 3.07. The van der Waals surface area contributed by atoms with Crippen molar-refractivity contribution in [1.29, 1.82) is 0 Å². The van der Waals surface area contributed by atoms with Crippen molar-refractivity contribution in [2.45, 2.75) is 20.2 Å². The van der Waals surface area contributed by atoms with Crippen LogP contribution in [0.15, 0.2) is 42.7 Å². The molecule has 0 unspecified atom stereocenters. The van der Waals surface area contributed by atoms with E-state index in [0.29, 0.717) is 28.7 Å². The number of aryl methyl sites for hydroxylation is 1. The number of rotatable bonds is 7. The molecule has 3 rings (SSSR count). The number of hydrogen-bond acceptors (Lipinski definition) is 5. The van der Waals surface area contributed by atoms with E-state index in [1.165, 1.54) is 20.5 Å². The van der Waals surface area contributed by atoms with Gasteiger partial charge in [0.2, 0.25) is 0 Å². The van der Waals surface area contributed by atoms with Gasteiger partial charge in [0.15, 0.2) is 12.4 Å². The van der Waals surface area contributed by atoms with Crippen LogP contribution >= 0.6 is 11.6 Å². The third-order valence-electron chi connectivity index (χ3n) is 4.06. The molecule has 0 aliphatic carbocycles. The van der Waals surface area contributed by atoms with Crippen molar-refractivity contribution >= 4 is 29.1 Å². The van der Waals surface area contributed by atoms with Gasteiger partial charge in [-0.2, -0.15) is 10.2 Å². The van der Waals surface area contributed by atoms with Crippen LogP contribution in [-0.2, 0) is 13.3 Å². The van der Waals surface area contributed by atoms with Gasteiger partial charge < -0.3 is 15.0 Å². The maximum atomic E-state index is 12.6. The fourth-order valence-corrected chi connectivity index (χ4v) is 2.78. The summed E-state index contributed by atoms with van der Waals surface area (Å²) in [6, 6.07) is 8.65. The Bertz CT molecular complexity index is 1030. The number of aromatic nitrogens is 4. The van der Waals surface area contributed by atoms with Gasteiger partial charge in [0, 0.05) is 26.8 Å². The van der Waals surface area contributed by atoms with E-state index >= 15 is 0 Å². The molecule has 1 aromatic carbocycles. The van der Waals surface area contributed by atoms with Gasteiger partial charge in [-0.3, -0.25) is 14.3 Å². The number of carbonyl (C=O) groups is 2. The number of carbonyl (C=O) groups excluding carboxylic acids is 2. The van der Waals surface area contributed by atoms with Crippen LogP contribution in [0.4, 0.5) is 5.69 Å². The molecule has 0 bridgehead atoms. The van der Waals surface area contributed by atoms with Crippen LogP contribution in [-0.4, -0.2) is 50.4 Å². The monoisotopic (exact) mass is 416 g/mol. The number of halogens is 1. The van der Waals surface area contributed by atoms with Gasteiger partial charge in [0.1, 0.15) is 11.4 Å².